The van der Waals surface area contributed by atoms with Gasteiger partial charge in [0.2, 0.25) is 0 Å². The van der Waals surface area contributed by atoms with Gasteiger partial charge in [0.25, 0.3) is 0 Å². The van der Waals surface area contributed by atoms with E-state index in [1.165, 1.54) is 0 Å². The molecule has 0 saturated carbocycles. The molecular weight excluding hydrogens is 275 g/mol. The van der Waals surface area contributed by atoms with Gasteiger partial charge in [0.1, 0.15) is 0 Å². The summed E-state index contributed by atoms with van der Waals surface area (Å²) in [5.41, 5.74) is 1.06. The third-order valence-electron chi connectivity index (χ3n) is 1.26. The van der Waals surface area contributed by atoms with E-state index in [1.54, 1.807) is 4.91 Å². The van der Waals surface area contributed by atoms with Crippen LogP contribution in [0, 0.1) is 0 Å². The second-order valence-electron chi connectivity index (χ2n) is 2.29. The van der Waals surface area contributed by atoms with Crippen molar-refractivity contribution in [1.29, 1.82) is 0 Å². The molecule has 0 amide bonds. The molecular formula is C8H7Cl3Ge. The van der Waals surface area contributed by atoms with Crippen LogP contribution < -0.4 is 0 Å². The van der Waals surface area contributed by atoms with Crippen molar-refractivity contribution >= 4 is 46.6 Å². The molecule has 0 heterocycles. The molecule has 0 fully saturated rings. The fourth-order valence-electron chi connectivity index (χ4n) is 0.755. The Bertz CT molecular complexity index is 263. The fourth-order valence-corrected chi connectivity index (χ4v) is 2.54. The minimum absolute atomic E-state index is 1.06. The molecule has 0 spiro atoms. The molecule has 0 N–H and O–H groups in total. The van der Waals surface area contributed by atoms with Crippen LogP contribution in [0.4, 0.5) is 0 Å². The summed E-state index contributed by atoms with van der Waals surface area (Å²) in [4.78, 5) is 1.71. The van der Waals surface area contributed by atoms with E-state index in [-0.39, 0.29) is 0 Å². The summed E-state index contributed by atoms with van der Waals surface area (Å²) >= 11 is 0. The maximum atomic E-state index is 5.71. The van der Waals surface area contributed by atoms with Gasteiger partial charge in [0.05, 0.1) is 0 Å². The molecule has 0 nitrogen and oxygen atoms in total. The zero-order chi connectivity index (χ0) is 9.03. The average molecular weight is 282 g/mol. The molecule has 0 radical (unpaired) electrons. The van der Waals surface area contributed by atoms with Gasteiger partial charge in [-0.3, -0.25) is 0 Å². The maximum absolute atomic E-state index is 5.71. The van der Waals surface area contributed by atoms with Crippen LogP contribution in [-0.2, 0) is 0 Å². The van der Waals surface area contributed by atoms with Gasteiger partial charge in [0.15, 0.2) is 0 Å². The van der Waals surface area contributed by atoms with Crippen molar-refractivity contribution < 1.29 is 0 Å². The third-order valence-corrected chi connectivity index (χ3v) is 4.37. The molecule has 1 rings (SSSR count). The molecule has 4 heteroatoms. The van der Waals surface area contributed by atoms with Gasteiger partial charge < -0.3 is 0 Å². The normalized spacial score (nSPS) is 12.2. The van der Waals surface area contributed by atoms with Crippen molar-refractivity contribution in [3.05, 3.63) is 40.8 Å². The third kappa shape index (κ3) is 4.41. The molecule has 64 valence electrons. The SMILES string of the molecule is [Cl][Ge]([Cl])([Cl])[CH]=Cc1ccccc1. The van der Waals surface area contributed by atoms with Crippen LogP contribution in [0.25, 0.3) is 6.08 Å². The van der Waals surface area contributed by atoms with E-state index >= 15 is 0 Å². The van der Waals surface area contributed by atoms with Crippen molar-refractivity contribution in [3.63, 3.8) is 0 Å². The van der Waals surface area contributed by atoms with Gasteiger partial charge in [-0.1, -0.05) is 0 Å². The van der Waals surface area contributed by atoms with Crippen LogP contribution >= 0.6 is 30.0 Å². The van der Waals surface area contributed by atoms with E-state index in [1.807, 2.05) is 36.4 Å². The number of rotatable bonds is 2. The minimum atomic E-state index is -3.06. The van der Waals surface area contributed by atoms with Crippen molar-refractivity contribution in [2.24, 2.45) is 0 Å². The molecule has 0 bridgehead atoms. The first-order chi connectivity index (χ1) is 5.58. The van der Waals surface area contributed by atoms with E-state index in [2.05, 4.69) is 0 Å². The van der Waals surface area contributed by atoms with Gasteiger partial charge in [0, 0.05) is 0 Å². The first-order valence-corrected chi connectivity index (χ1v) is 12.9. The summed E-state index contributed by atoms with van der Waals surface area (Å²) in [6.07, 6.45) is 1.85. The Morgan fingerprint density at radius 3 is 2.08 bits per heavy atom. The summed E-state index contributed by atoms with van der Waals surface area (Å²) < 4.78 is 0. The number of benzene rings is 1. The number of hydrogen-bond acceptors (Lipinski definition) is 0. The van der Waals surface area contributed by atoms with Crippen LogP contribution in [0.3, 0.4) is 0 Å². The summed E-state index contributed by atoms with van der Waals surface area (Å²) in [5.74, 6) is 0. The fraction of sp³-hybridized carbons (Fsp3) is 0. The molecule has 0 aliphatic rings. The van der Waals surface area contributed by atoms with Gasteiger partial charge in [-0.25, -0.2) is 0 Å². The molecule has 1 aromatic rings. The van der Waals surface area contributed by atoms with E-state index in [0.29, 0.717) is 0 Å². The van der Waals surface area contributed by atoms with Gasteiger partial charge >= 0.3 is 87.4 Å². The zero-order valence-corrected chi connectivity index (χ0v) is 10.5. The Labute approximate surface area is 87.0 Å². The first-order valence-electron chi connectivity index (χ1n) is 3.39. The monoisotopic (exact) mass is 282 g/mol. The van der Waals surface area contributed by atoms with E-state index in [0.717, 1.165) is 5.56 Å². The topological polar surface area (TPSA) is 0 Å². The Kier molecular flexibility index (Phi) is 3.98. The zero-order valence-electron chi connectivity index (χ0n) is 6.18. The summed E-state index contributed by atoms with van der Waals surface area (Å²) in [6, 6.07) is 9.79. The predicted molar refractivity (Wildman–Crippen MR) is 58.8 cm³/mol. The van der Waals surface area contributed by atoms with Crippen LogP contribution in [0.2, 0.25) is 0 Å². The molecule has 0 aromatic heterocycles. The van der Waals surface area contributed by atoms with Crippen molar-refractivity contribution in [3.8, 4) is 0 Å². The summed E-state index contributed by atoms with van der Waals surface area (Å²) in [5, 5.41) is 0. The van der Waals surface area contributed by atoms with Crippen LogP contribution in [0.15, 0.2) is 35.2 Å². The van der Waals surface area contributed by atoms with Crippen molar-refractivity contribution in [2.75, 3.05) is 0 Å². The van der Waals surface area contributed by atoms with Crippen molar-refractivity contribution in [2.45, 2.75) is 0 Å². The van der Waals surface area contributed by atoms with E-state index in [9.17, 15) is 0 Å². The Hall–Kier alpha value is 0.373. The van der Waals surface area contributed by atoms with Crippen LogP contribution in [0.1, 0.15) is 5.56 Å². The van der Waals surface area contributed by atoms with Gasteiger partial charge in [-0.05, 0) is 0 Å². The van der Waals surface area contributed by atoms with Crippen LogP contribution in [-0.4, -0.2) is 10.5 Å². The van der Waals surface area contributed by atoms with Crippen molar-refractivity contribution in [1.82, 2.24) is 0 Å². The second-order valence-corrected chi connectivity index (χ2v) is 17.6. The molecule has 0 aliphatic carbocycles. The standard InChI is InChI=1S/C8H7Cl3Ge/c9-12(10,11)7-6-8-4-2-1-3-5-8/h1-7H. The van der Waals surface area contributed by atoms with Crippen LogP contribution in [0.5, 0.6) is 0 Å². The molecule has 12 heavy (non-hydrogen) atoms. The first kappa shape index (κ1) is 10.5. The molecule has 1 aromatic carbocycles. The molecule has 0 saturated heterocycles. The summed E-state index contributed by atoms with van der Waals surface area (Å²) in [6.45, 7) is 0. The van der Waals surface area contributed by atoms with E-state index in [4.69, 9.17) is 30.0 Å². The Morgan fingerprint density at radius 1 is 1.00 bits per heavy atom. The second kappa shape index (κ2) is 4.56. The van der Waals surface area contributed by atoms with Gasteiger partial charge in [-0.2, -0.15) is 0 Å². The molecule has 0 atom stereocenters. The quantitative estimate of drug-likeness (QED) is 0.722. The number of halogens is 3. The summed E-state index contributed by atoms with van der Waals surface area (Å²) in [7, 11) is 14.1. The predicted octanol–water partition coefficient (Wildman–Crippen LogP) is 3.89. The Morgan fingerprint density at radius 2 is 1.58 bits per heavy atom. The molecule has 0 aliphatic heterocycles. The Balaban J connectivity index is 2.71. The number of hydrogen-bond donors (Lipinski definition) is 0. The average Bonchev–Trinajstić information content (AvgIpc) is 2.02. The van der Waals surface area contributed by atoms with E-state index < -0.39 is 10.5 Å². The molecule has 0 unspecified atom stereocenters. The van der Waals surface area contributed by atoms with Gasteiger partial charge in [-0.15, -0.1) is 0 Å².